The molecule has 0 fully saturated rings. The van der Waals surface area contributed by atoms with E-state index in [4.69, 9.17) is 0 Å². The van der Waals surface area contributed by atoms with Crippen LogP contribution in [0.15, 0.2) is 46.9 Å². The first kappa shape index (κ1) is 13.1. The van der Waals surface area contributed by atoms with E-state index >= 15 is 0 Å². The Balaban J connectivity index is 1.93. The SMILES string of the molecule is O=C1CN(Cc2ccc(Br)cc2F)c2ccccc2N1. The predicted octanol–water partition coefficient (Wildman–Crippen LogP) is 3.55. The maximum atomic E-state index is 13.9. The van der Waals surface area contributed by atoms with Crippen LogP contribution in [0.1, 0.15) is 5.56 Å². The molecular weight excluding hydrogens is 323 g/mol. The number of hydrogen-bond acceptors (Lipinski definition) is 2. The quantitative estimate of drug-likeness (QED) is 0.910. The second-order valence-electron chi connectivity index (χ2n) is 4.66. The lowest BCUT2D eigenvalue weighted by Crippen LogP contribution is -2.37. The zero-order valence-corrected chi connectivity index (χ0v) is 12.2. The van der Waals surface area contributed by atoms with Crippen molar-refractivity contribution in [1.82, 2.24) is 0 Å². The van der Waals surface area contributed by atoms with E-state index in [0.717, 1.165) is 11.4 Å². The second kappa shape index (κ2) is 5.25. The van der Waals surface area contributed by atoms with E-state index in [0.29, 0.717) is 16.6 Å². The fraction of sp³-hybridized carbons (Fsp3) is 0.133. The van der Waals surface area contributed by atoms with Crippen molar-refractivity contribution in [1.29, 1.82) is 0 Å². The summed E-state index contributed by atoms with van der Waals surface area (Å²) in [5, 5.41) is 2.82. The number of halogens is 2. The van der Waals surface area contributed by atoms with Crippen LogP contribution in [-0.2, 0) is 11.3 Å². The van der Waals surface area contributed by atoms with Crippen LogP contribution in [0.5, 0.6) is 0 Å². The van der Waals surface area contributed by atoms with E-state index in [2.05, 4.69) is 21.2 Å². The minimum absolute atomic E-state index is 0.0822. The molecule has 20 heavy (non-hydrogen) atoms. The van der Waals surface area contributed by atoms with Crippen molar-refractivity contribution in [2.24, 2.45) is 0 Å². The Labute approximate surface area is 124 Å². The summed E-state index contributed by atoms with van der Waals surface area (Å²) in [5.74, 6) is -0.357. The molecule has 1 amide bonds. The average Bonchev–Trinajstić information content (AvgIpc) is 2.41. The van der Waals surface area contributed by atoms with E-state index in [1.54, 1.807) is 12.1 Å². The van der Waals surface area contributed by atoms with E-state index in [1.807, 2.05) is 29.2 Å². The fourth-order valence-corrected chi connectivity index (χ4v) is 2.63. The number of carbonyl (C=O) groups is 1. The molecule has 0 saturated heterocycles. The zero-order chi connectivity index (χ0) is 14.1. The highest BCUT2D eigenvalue weighted by atomic mass is 79.9. The van der Waals surface area contributed by atoms with Crippen LogP contribution < -0.4 is 10.2 Å². The molecule has 1 heterocycles. The smallest absolute Gasteiger partial charge is 0.243 e. The van der Waals surface area contributed by atoms with Crippen LogP contribution in [0.25, 0.3) is 0 Å². The number of anilines is 2. The molecular formula is C15H12BrFN2O. The van der Waals surface area contributed by atoms with Crippen molar-refractivity contribution in [3.8, 4) is 0 Å². The number of para-hydroxylation sites is 2. The molecule has 0 spiro atoms. The van der Waals surface area contributed by atoms with Crippen LogP contribution in [0.3, 0.4) is 0 Å². The summed E-state index contributed by atoms with van der Waals surface area (Å²) in [7, 11) is 0. The summed E-state index contributed by atoms with van der Waals surface area (Å²) in [6.07, 6.45) is 0. The van der Waals surface area contributed by atoms with Crippen LogP contribution in [0.4, 0.5) is 15.8 Å². The molecule has 1 aliphatic rings. The molecule has 0 aliphatic carbocycles. The van der Waals surface area contributed by atoms with Gasteiger partial charge < -0.3 is 10.2 Å². The van der Waals surface area contributed by atoms with Gasteiger partial charge in [0, 0.05) is 16.6 Å². The Kier molecular flexibility index (Phi) is 3.44. The summed E-state index contributed by atoms with van der Waals surface area (Å²) >= 11 is 3.24. The third-order valence-electron chi connectivity index (χ3n) is 3.23. The van der Waals surface area contributed by atoms with Gasteiger partial charge in [0.2, 0.25) is 5.91 Å². The van der Waals surface area contributed by atoms with Crippen LogP contribution in [0.2, 0.25) is 0 Å². The summed E-state index contributed by atoms with van der Waals surface area (Å²) < 4.78 is 14.6. The third-order valence-corrected chi connectivity index (χ3v) is 3.72. The highest BCUT2D eigenvalue weighted by Gasteiger charge is 2.22. The number of rotatable bonds is 2. The molecule has 0 atom stereocenters. The molecule has 2 aromatic carbocycles. The number of nitrogens with zero attached hydrogens (tertiary/aromatic N) is 1. The van der Waals surface area contributed by atoms with Crippen molar-refractivity contribution in [3.05, 3.63) is 58.3 Å². The van der Waals surface area contributed by atoms with E-state index in [1.165, 1.54) is 6.07 Å². The molecule has 0 saturated carbocycles. The van der Waals surface area contributed by atoms with Crippen molar-refractivity contribution in [2.45, 2.75) is 6.54 Å². The van der Waals surface area contributed by atoms with Gasteiger partial charge in [0.05, 0.1) is 17.9 Å². The lowest BCUT2D eigenvalue weighted by Gasteiger charge is -2.31. The molecule has 102 valence electrons. The summed E-state index contributed by atoms with van der Waals surface area (Å²) in [6, 6.07) is 12.5. The average molecular weight is 335 g/mol. The normalized spacial score (nSPS) is 13.9. The maximum absolute atomic E-state index is 13.9. The van der Waals surface area contributed by atoms with Gasteiger partial charge >= 0.3 is 0 Å². The van der Waals surface area contributed by atoms with Gasteiger partial charge in [-0.3, -0.25) is 4.79 Å². The number of amides is 1. The first-order valence-corrected chi connectivity index (χ1v) is 7.00. The van der Waals surface area contributed by atoms with Gasteiger partial charge in [0.15, 0.2) is 0 Å². The molecule has 0 bridgehead atoms. The van der Waals surface area contributed by atoms with Gasteiger partial charge in [-0.05, 0) is 24.3 Å². The number of hydrogen-bond donors (Lipinski definition) is 1. The monoisotopic (exact) mass is 334 g/mol. The predicted molar refractivity (Wildman–Crippen MR) is 80.2 cm³/mol. The number of benzene rings is 2. The summed E-state index contributed by atoms with van der Waals surface area (Å²) in [4.78, 5) is 13.6. The second-order valence-corrected chi connectivity index (χ2v) is 5.57. The molecule has 1 N–H and O–H groups in total. The van der Waals surface area contributed by atoms with E-state index in [9.17, 15) is 9.18 Å². The lowest BCUT2D eigenvalue weighted by atomic mass is 10.1. The minimum atomic E-state index is -0.275. The Hall–Kier alpha value is -1.88. The van der Waals surface area contributed by atoms with E-state index < -0.39 is 0 Å². The Morgan fingerprint density at radius 2 is 2.05 bits per heavy atom. The highest BCUT2D eigenvalue weighted by molar-refractivity contribution is 9.10. The fourth-order valence-electron chi connectivity index (χ4n) is 2.30. The number of fused-ring (bicyclic) bond motifs is 1. The largest absolute Gasteiger partial charge is 0.356 e. The Morgan fingerprint density at radius 3 is 2.85 bits per heavy atom. The minimum Gasteiger partial charge on any atom is -0.356 e. The maximum Gasteiger partial charge on any atom is 0.243 e. The molecule has 0 radical (unpaired) electrons. The molecule has 1 aliphatic heterocycles. The third kappa shape index (κ3) is 2.54. The summed E-state index contributed by atoms with van der Waals surface area (Å²) in [6.45, 7) is 0.593. The van der Waals surface area contributed by atoms with Crippen LogP contribution in [-0.4, -0.2) is 12.5 Å². The van der Waals surface area contributed by atoms with Gasteiger partial charge in [-0.1, -0.05) is 34.1 Å². The topological polar surface area (TPSA) is 32.3 Å². The first-order chi connectivity index (χ1) is 9.63. The van der Waals surface area contributed by atoms with Gasteiger partial charge in [-0.25, -0.2) is 4.39 Å². The van der Waals surface area contributed by atoms with Gasteiger partial charge in [-0.15, -0.1) is 0 Å². The molecule has 0 aromatic heterocycles. The van der Waals surface area contributed by atoms with Crippen LogP contribution in [0, 0.1) is 5.82 Å². The molecule has 5 heteroatoms. The highest BCUT2D eigenvalue weighted by Crippen LogP contribution is 2.30. The van der Waals surface area contributed by atoms with Gasteiger partial charge in [0.1, 0.15) is 5.82 Å². The molecule has 3 nitrogen and oxygen atoms in total. The number of nitrogens with one attached hydrogen (secondary N) is 1. The summed E-state index contributed by atoms with van der Waals surface area (Å²) in [5.41, 5.74) is 2.24. The van der Waals surface area contributed by atoms with E-state index in [-0.39, 0.29) is 18.3 Å². The first-order valence-electron chi connectivity index (χ1n) is 6.21. The molecule has 2 aromatic rings. The number of carbonyl (C=O) groups excluding carboxylic acids is 1. The van der Waals surface area contributed by atoms with Crippen molar-refractivity contribution >= 4 is 33.2 Å². The van der Waals surface area contributed by atoms with Crippen molar-refractivity contribution < 1.29 is 9.18 Å². The molecule has 0 unspecified atom stereocenters. The van der Waals surface area contributed by atoms with Gasteiger partial charge in [-0.2, -0.15) is 0 Å². The zero-order valence-electron chi connectivity index (χ0n) is 10.6. The Bertz CT molecular complexity index is 675. The van der Waals surface area contributed by atoms with Crippen molar-refractivity contribution in [3.63, 3.8) is 0 Å². The molecule has 3 rings (SSSR count). The lowest BCUT2D eigenvalue weighted by molar-refractivity contribution is -0.115. The van der Waals surface area contributed by atoms with Gasteiger partial charge in [0.25, 0.3) is 0 Å². The Morgan fingerprint density at radius 1 is 1.25 bits per heavy atom. The standard InChI is InChI=1S/C15H12BrFN2O/c16-11-6-5-10(12(17)7-11)8-19-9-15(20)18-13-3-1-2-4-14(13)19/h1-7H,8-9H2,(H,18,20). The van der Waals surface area contributed by atoms with Crippen molar-refractivity contribution in [2.75, 3.05) is 16.8 Å². The van der Waals surface area contributed by atoms with Crippen LogP contribution >= 0.6 is 15.9 Å².